The number of anilines is 2. The van der Waals surface area contributed by atoms with Gasteiger partial charge in [-0.3, -0.25) is 9.59 Å². The summed E-state index contributed by atoms with van der Waals surface area (Å²) in [6, 6.07) is 10.1. The third kappa shape index (κ3) is 3.57. The van der Waals surface area contributed by atoms with Crippen molar-refractivity contribution < 1.29 is 23.5 Å². The number of halogens is 1. The molecule has 1 unspecified atom stereocenters. The minimum absolute atomic E-state index is 0.121. The van der Waals surface area contributed by atoms with Gasteiger partial charge in [-0.1, -0.05) is 12.1 Å². The number of nitrogens with zero attached hydrogens (tertiary/aromatic N) is 2. The molecule has 2 aromatic carbocycles. The Morgan fingerprint density at radius 3 is 2.67 bits per heavy atom. The molecule has 2 heterocycles. The Morgan fingerprint density at radius 1 is 1.20 bits per heavy atom. The van der Waals surface area contributed by atoms with E-state index in [4.69, 9.17) is 9.47 Å². The number of rotatable bonds is 6. The van der Waals surface area contributed by atoms with Gasteiger partial charge in [-0.05, 0) is 29.8 Å². The molecule has 0 radical (unpaired) electrons. The van der Waals surface area contributed by atoms with Crippen molar-refractivity contribution in [2.75, 3.05) is 24.9 Å². The number of fused-ring (bicyclic) bond motifs is 1. The molecule has 8 nitrogen and oxygen atoms in total. The van der Waals surface area contributed by atoms with Crippen molar-refractivity contribution in [3.8, 4) is 22.6 Å². The first kappa shape index (κ1) is 19.4. The maximum absolute atomic E-state index is 13.2. The molecule has 2 N–H and O–H groups in total. The lowest BCUT2D eigenvalue weighted by Gasteiger charge is -2.13. The summed E-state index contributed by atoms with van der Waals surface area (Å²) in [5.74, 6) is 0.432. The number of nitrogens with one attached hydrogen (secondary N) is 2. The third-order valence-corrected chi connectivity index (χ3v) is 4.85. The highest BCUT2D eigenvalue weighted by molar-refractivity contribution is 6.04. The topological polar surface area (TPSA) is 94.5 Å². The quantitative estimate of drug-likeness (QED) is 0.651. The zero-order valence-corrected chi connectivity index (χ0v) is 16.3. The van der Waals surface area contributed by atoms with Crippen LogP contribution in [-0.2, 0) is 9.59 Å². The number of hydrogen-bond acceptors (Lipinski definition) is 5. The Labute approximate surface area is 171 Å². The van der Waals surface area contributed by atoms with Crippen LogP contribution < -0.4 is 20.1 Å². The van der Waals surface area contributed by atoms with Gasteiger partial charge in [0.15, 0.2) is 0 Å². The number of aromatic nitrogens is 2. The predicted octanol–water partition coefficient (Wildman–Crippen LogP) is 3.23. The Hall–Kier alpha value is -3.88. The summed E-state index contributed by atoms with van der Waals surface area (Å²) in [5.41, 5.74) is 1.80. The summed E-state index contributed by atoms with van der Waals surface area (Å²) >= 11 is 0. The average Bonchev–Trinajstić information content (AvgIpc) is 3.28. The monoisotopic (exact) mass is 410 g/mol. The standard InChI is InChI=1S/C21H19FN4O4/c1-29-14-7-8-18(30-2)16(9-14)24-19(27)10-17-21(28)25-20-15(11-23-26(17)20)12-3-5-13(22)6-4-12/h3-9,11,17H,10H2,1-2H3,(H,24,27)(H,25,28). The predicted molar refractivity (Wildman–Crippen MR) is 108 cm³/mol. The molecule has 1 aliphatic heterocycles. The first-order valence-corrected chi connectivity index (χ1v) is 9.16. The van der Waals surface area contributed by atoms with E-state index < -0.39 is 6.04 Å². The normalized spacial score (nSPS) is 14.8. The Kier molecular flexibility index (Phi) is 5.09. The fourth-order valence-corrected chi connectivity index (χ4v) is 3.34. The lowest BCUT2D eigenvalue weighted by molar-refractivity contribution is -0.123. The van der Waals surface area contributed by atoms with E-state index in [2.05, 4.69) is 15.7 Å². The second-order valence-electron chi connectivity index (χ2n) is 6.68. The van der Waals surface area contributed by atoms with Gasteiger partial charge in [0.05, 0.1) is 32.5 Å². The molecule has 9 heteroatoms. The van der Waals surface area contributed by atoms with Crippen molar-refractivity contribution in [1.29, 1.82) is 0 Å². The van der Waals surface area contributed by atoms with E-state index in [1.54, 1.807) is 36.5 Å². The van der Waals surface area contributed by atoms with Crippen molar-refractivity contribution in [1.82, 2.24) is 9.78 Å². The maximum Gasteiger partial charge on any atom is 0.251 e. The Bertz CT molecular complexity index is 1110. The van der Waals surface area contributed by atoms with Gasteiger partial charge in [0.2, 0.25) is 5.91 Å². The molecule has 1 atom stereocenters. The molecule has 2 amide bonds. The summed E-state index contributed by atoms with van der Waals surface area (Å²) < 4.78 is 25.1. The van der Waals surface area contributed by atoms with Gasteiger partial charge in [0.25, 0.3) is 5.91 Å². The number of carbonyl (C=O) groups excluding carboxylic acids is 2. The molecule has 1 aliphatic rings. The largest absolute Gasteiger partial charge is 0.497 e. The molecule has 30 heavy (non-hydrogen) atoms. The fraction of sp³-hybridized carbons (Fsp3) is 0.190. The van der Waals surface area contributed by atoms with E-state index in [1.165, 1.54) is 31.0 Å². The van der Waals surface area contributed by atoms with E-state index in [1.807, 2.05) is 0 Å². The SMILES string of the molecule is COc1ccc(OC)c(NC(=O)CC2C(=O)Nc3c(-c4ccc(F)cc4)cnn32)c1. The van der Waals surface area contributed by atoms with Gasteiger partial charge in [-0.15, -0.1) is 0 Å². The third-order valence-electron chi connectivity index (χ3n) is 4.85. The van der Waals surface area contributed by atoms with Crippen LogP contribution >= 0.6 is 0 Å². The van der Waals surface area contributed by atoms with Crippen LogP contribution in [-0.4, -0.2) is 35.8 Å². The molecular weight excluding hydrogens is 391 g/mol. The lowest BCUT2D eigenvalue weighted by atomic mass is 10.1. The van der Waals surface area contributed by atoms with E-state index in [0.29, 0.717) is 34.1 Å². The number of carbonyl (C=O) groups is 2. The van der Waals surface area contributed by atoms with Gasteiger partial charge in [-0.25, -0.2) is 9.07 Å². The molecule has 154 valence electrons. The molecule has 0 fully saturated rings. The molecule has 0 aliphatic carbocycles. The second kappa shape index (κ2) is 7.86. The highest BCUT2D eigenvalue weighted by Gasteiger charge is 2.35. The van der Waals surface area contributed by atoms with Gasteiger partial charge >= 0.3 is 0 Å². The van der Waals surface area contributed by atoms with E-state index in [9.17, 15) is 14.0 Å². The maximum atomic E-state index is 13.2. The molecule has 1 aromatic heterocycles. The number of ether oxygens (including phenoxy) is 2. The summed E-state index contributed by atoms with van der Waals surface area (Å²) in [6.07, 6.45) is 1.46. The van der Waals surface area contributed by atoms with Crippen LogP contribution in [0.4, 0.5) is 15.9 Å². The van der Waals surface area contributed by atoms with E-state index in [0.717, 1.165) is 0 Å². The molecule has 4 rings (SSSR count). The Morgan fingerprint density at radius 2 is 1.97 bits per heavy atom. The van der Waals surface area contributed by atoms with Gasteiger partial charge in [0, 0.05) is 11.6 Å². The highest BCUT2D eigenvalue weighted by atomic mass is 19.1. The summed E-state index contributed by atoms with van der Waals surface area (Å²) in [5, 5.41) is 9.78. The van der Waals surface area contributed by atoms with E-state index in [-0.39, 0.29) is 24.1 Å². The van der Waals surface area contributed by atoms with Crippen LogP contribution in [0.25, 0.3) is 11.1 Å². The minimum Gasteiger partial charge on any atom is -0.497 e. The van der Waals surface area contributed by atoms with Crippen molar-refractivity contribution in [3.63, 3.8) is 0 Å². The minimum atomic E-state index is -0.800. The molecule has 0 saturated heterocycles. The van der Waals surface area contributed by atoms with Crippen LogP contribution in [0.15, 0.2) is 48.7 Å². The van der Waals surface area contributed by atoms with Crippen LogP contribution in [0.3, 0.4) is 0 Å². The van der Waals surface area contributed by atoms with Crippen LogP contribution in [0.5, 0.6) is 11.5 Å². The fourth-order valence-electron chi connectivity index (χ4n) is 3.34. The van der Waals surface area contributed by atoms with Crippen LogP contribution in [0, 0.1) is 5.82 Å². The average molecular weight is 410 g/mol. The zero-order chi connectivity index (χ0) is 21.3. The lowest BCUT2D eigenvalue weighted by Crippen LogP contribution is -2.23. The second-order valence-corrected chi connectivity index (χ2v) is 6.68. The molecule has 3 aromatic rings. The summed E-state index contributed by atoms with van der Waals surface area (Å²) in [6.45, 7) is 0. The van der Waals surface area contributed by atoms with Crippen molar-refractivity contribution >= 4 is 23.3 Å². The zero-order valence-electron chi connectivity index (χ0n) is 16.3. The summed E-state index contributed by atoms with van der Waals surface area (Å²) in [4.78, 5) is 25.1. The summed E-state index contributed by atoms with van der Waals surface area (Å²) in [7, 11) is 3.02. The molecule has 0 spiro atoms. The van der Waals surface area contributed by atoms with Gasteiger partial charge in [0.1, 0.15) is 29.2 Å². The van der Waals surface area contributed by atoms with Crippen LogP contribution in [0.2, 0.25) is 0 Å². The van der Waals surface area contributed by atoms with Crippen molar-refractivity contribution in [3.05, 3.63) is 54.5 Å². The number of methoxy groups -OCH3 is 2. The van der Waals surface area contributed by atoms with E-state index >= 15 is 0 Å². The van der Waals surface area contributed by atoms with Crippen LogP contribution in [0.1, 0.15) is 12.5 Å². The Balaban J connectivity index is 1.54. The molecular formula is C21H19FN4O4. The van der Waals surface area contributed by atoms with Crippen molar-refractivity contribution in [2.45, 2.75) is 12.5 Å². The number of benzene rings is 2. The highest BCUT2D eigenvalue weighted by Crippen LogP contribution is 2.36. The number of amides is 2. The first-order chi connectivity index (χ1) is 14.5. The van der Waals surface area contributed by atoms with Crippen molar-refractivity contribution in [2.24, 2.45) is 0 Å². The van der Waals surface area contributed by atoms with Gasteiger partial charge in [-0.2, -0.15) is 5.10 Å². The smallest absolute Gasteiger partial charge is 0.251 e. The molecule has 0 saturated carbocycles. The molecule has 0 bridgehead atoms. The van der Waals surface area contributed by atoms with Gasteiger partial charge < -0.3 is 20.1 Å². The number of hydrogen-bond donors (Lipinski definition) is 2. The first-order valence-electron chi connectivity index (χ1n) is 9.16.